The summed E-state index contributed by atoms with van der Waals surface area (Å²) in [7, 11) is 0. The van der Waals surface area contributed by atoms with Gasteiger partial charge in [0.1, 0.15) is 10.8 Å². The molecule has 2 aromatic rings. The van der Waals surface area contributed by atoms with Gasteiger partial charge in [-0.05, 0) is 37.6 Å². The van der Waals surface area contributed by atoms with E-state index in [0.717, 1.165) is 28.8 Å². The van der Waals surface area contributed by atoms with E-state index in [1.165, 1.54) is 11.3 Å². The number of nitrogens with zero attached hydrogens (tertiary/aromatic N) is 3. The molecule has 4 heterocycles. The summed E-state index contributed by atoms with van der Waals surface area (Å²) in [4.78, 5) is 15.4. The highest BCUT2D eigenvalue weighted by atomic mass is 35.5. The Morgan fingerprint density at radius 1 is 1.39 bits per heavy atom. The van der Waals surface area contributed by atoms with Gasteiger partial charge in [0, 0.05) is 23.9 Å². The number of fused-ring (bicyclic) bond motifs is 1. The van der Waals surface area contributed by atoms with Crippen LogP contribution in [0.1, 0.15) is 60.1 Å². The molecule has 5 nitrogen and oxygen atoms in total. The third-order valence-electron chi connectivity index (χ3n) is 5.45. The second kappa shape index (κ2) is 7.26. The SMILES string of the molecule is C[C@@H]1CCCCN1C(=O)c1nn2c(c1Cl)N[C@H](c1cccs1)C[C@@H]2C(F)(F)F. The van der Waals surface area contributed by atoms with E-state index in [9.17, 15) is 18.0 Å². The molecule has 2 aromatic heterocycles. The number of carbonyl (C=O) groups excluding carboxylic acids is 1. The van der Waals surface area contributed by atoms with E-state index in [-0.39, 0.29) is 29.0 Å². The smallest absolute Gasteiger partial charge is 0.361 e. The second-order valence-electron chi connectivity index (χ2n) is 7.30. The van der Waals surface area contributed by atoms with Crippen LogP contribution in [0.5, 0.6) is 0 Å². The molecule has 0 radical (unpaired) electrons. The normalized spacial score (nSPS) is 25.3. The fourth-order valence-corrected chi connectivity index (χ4v) is 4.99. The van der Waals surface area contributed by atoms with Crippen molar-refractivity contribution in [3.63, 3.8) is 0 Å². The number of amides is 1. The van der Waals surface area contributed by atoms with Crippen molar-refractivity contribution >= 4 is 34.7 Å². The van der Waals surface area contributed by atoms with E-state index in [0.29, 0.717) is 6.54 Å². The molecule has 10 heteroatoms. The van der Waals surface area contributed by atoms with Gasteiger partial charge >= 0.3 is 6.18 Å². The lowest BCUT2D eigenvalue weighted by atomic mass is 10.0. The van der Waals surface area contributed by atoms with Gasteiger partial charge in [0.25, 0.3) is 5.91 Å². The lowest BCUT2D eigenvalue weighted by Gasteiger charge is -2.33. The van der Waals surface area contributed by atoms with Crippen LogP contribution in [-0.2, 0) is 0 Å². The second-order valence-corrected chi connectivity index (χ2v) is 8.66. The molecule has 0 aliphatic carbocycles. The van der Waals surface area contributed by atoms with Crippen LogP contribution in [0.3, 0.4) is 0 Å². The van der Waals surface area contributed by atoms with Crippen LogP contribution in [0, 0.1) is 0 Å². The molecule has 152 valence electrons. The summed E-state index contributed by atoms with van der Waals surface area (Å²) in [5, 5.41) is 8.88. The summed E-state index contributed by atoms with van der Waals surface area (Å²) < 4.78 is 42.2. The molecule has 1 saturated heterocycles. The molecule has 0 aromatic carbocycles. The number of carbonyl (C=O) groups is 1. The maximum absolute atomic E-state index is 13.8. The monoisotopic (exact) mass is 432 g/mol. The number of thiophene rings is 1. The van der Waals surface area contributed by atoms with Crippen molar-refractivity contribution in [1.82, 2.24) is 14.7 Å². The van der Waals surface area contributed by atoms with Crippen LogP contribution in [0.15, 0.2) is 17.5 Å². The summed E-state index contributed by atoms with van der Waals surface area (Å²) in [5.74, 6) is -0.351. The molecule has 1 fully saturated rings. The Labute approximate surface area is 169 Å². The van der Waals surface area contributed by atoms with Gasteiger partial charge in [0.15, 0.2) is 11.7 Å². The number of hydrogen-bond acceptors (Lipinski definition) is 4. The van der Waals surface area contributed by atoms with Gasteiger partial charge in [0.2, 0.25) is 0 Å². The maximum atomic E-state index is 13.8. The number of halogens is 4. The van der Waals surface area contributed by atoms with Crippen molar-refractivity contribution in [2.45, 2.75) is 56.9 Å². The molecule has 1 amide bonds. The summed E-state index contributed by atoms with van der Waals surface area (Å²) in [6.07, 6.45) is -1.95. The van der Waals surface area contributed by atoms with Gasteiger partial charge < -0.3 is 10.2 Å². The van der Waals surface area contributed by atoms with Crippen LogP contribution in [0.25, 0.3) is 0 Å². The predicted octanol–water partition coefficient (Wildman–Crippen LogP) is 5.27. The quantitative estimate of drug-likeness (QED) is 0.703. The summed E-state index contributed by atoms with van der Waals surface area (Å²) in [6, 6.07) is 1.22. The van der Waals surface area contributed by atoms with Crippen molar-refractivity contribution in [2.24, 2.45) is 0 Å². The molecule has 0 saturated carbocycles. The number of alkyl halides is 3. The summed E-state index contributed by atoms with van der Waals surface area (Å²) >= 11 is 7.77. The molecule has 4 rings (SSSR count). The molecule has 2 aliphatic heterocycles. The first-order valence-corrected chi connectivity index (χ1v) is 10.5. The molecule has 0 bridgehead atoms. The summed E-state index contributed by atoms with van der Waals surface area (Å²) in [5.41, 5.74) is -0.112. The molecule has 1 N–H and O–H groups in total. The van der Waals surface area contributed by atoms with Crippen LogP contribution in [-0.4, -0.2) is 39.4 Å². The van der Waals surface area contributed by atoms with E-state index in [1.807, 2.05) is 12.3 Å². The fraction of sp³-hybridized carbons (Fsp3) is 0.556. The molecule has 3 atom stereocenters. The number of likely N-dealkylation sites (tertiary alicyclic amines) is 1. The van der Waals surface area contributed by atoms with E-state index in [1.54, 1.807) is 17.0 Å². The van der Waals surface area contributed by atoms with Crippen LogP contribution >= 0.6 is 22.9 Å². The minimum Gasteiger partial charge on any atom is -0.361 e. The van der Waals surface area contributed by atoms with Gasteiger partial charge in [-0.15, -0.1) is 11.3 Å². The summed E-state index contributed by atoms with van der Waals surface area (Å²) in [6.45, 7) is 2.50. The number of piperidine rings is 1. The van der Waals surface area contributed by atoms with Crippen LogP contribution in [0.4, 0.5) is 19.0 Å². The zero-order valence-corrected chi connectivity index (χ0v) is 16.7. The zero-order chi connectivity index (χ0) is 20.1. The molecular formula is C18H20ClF3N4OS. The van der Waals surface area contributed by atoms with Crippen LogP contribution in [0.2, 0.25) is 5.02 Å². The van der Waals surface area contributed by atoms with Gasteiger partial charge in [-0.2, -0.15) is 18.3 Å². The number of anilines is 1. The van der Waals surface area contributed by atoms with Crippen molar-refractivity contribution in [3.05, 3.63) is 33.1 Å². The topological polar surface area (TPSA) is 50.2 Å². The van der Waals surface area contributed by atoms with E-state index in [2.05, 4.69) is 10.4 Å². The lowest BCUT2D eigenvalue weighted by Crippen LogP contribution is -2.42. The highest BCUT2D eigenvalue weighted by Crippen LogP contribution is 2.47. The Hall–Kier alpha value is -1.74. The molecule has 0 spiro atoms. The Kier molecular flexibility index (Phi) is 5.07. The van der Waals surface area contributed by atoms with Gasteiger partial charge in [-0.1, -0.05) is 17.7 Å². The first-order chi connectivity index (χ1) is 13.3. The minimum absolute atomic E-state index is 0.0151. The third-order valence-corrected chi connectivity index (χ3v) is 6.79. The number of hydrogen-bond donors (Lipinski definition) is 1. The van der Waals surface area contributed by atoms with E-state index >= 15 is 0 Å². The molecule has 2 aliphatic rings. The van der Waals surface area contributed by atoms with Crippen molar-refractivity contribution in [3.8, 4) is 0 Å². The van der Waals surface area contributed by atoms with Gasteiger partial charge in [-0.3, -0.25) is 4.79 Å². The standard InChI is InChI=1S/C18H20ClF3N4OS/c1-10-5-2-3-7-25(10)17(27)15-14(19)16-23-11(12-6-4-8-28-12)9-13(18(20,21)22)26(16)24-15/h4,6,8,10-11,13,23H,2-3,5,7,9H2,1H3/t10-,11+,13-/m1/s1. The largest absolute Gasteiger partial charge is 0.410 e. The first-order valence-electron chi connectivity index (χ1n) is 9.23. The number of aromatic nitrogens is 2. The Balaban J connectivity index is 1.73. The van der Waals surface area contributed by atoms with Crippen molar-refractivity contribution in [2.75, 3.05) is 11.9 Å². The van der Waals surface area contributed by atoms with Gasteiger partial charge in [0.05, 0.1) is 6.04 Å². The van der Waals surface area contributed by atoms with Gasteiger partial charge in [-0.25, -0.2) is 4.68 Å². The molecule has 0 unspecified atom stereocenters. The Bertz CT molecular complexity index is 867. The number of rotatable bonds is 2. The van der Waals surface area contributed by atoms with Crippen LogP contribution < -0.4 is 5.32 Å². The highest BCUT2D eigenvalue weighted by molar-refractivity contribution is 7.10. The zero-order valence-electron chi connectivity index (χ0n) is 15.2. The average Bonchev–Trinajstić information content (AvgIpc) is 3.29. The predicted molar refractivity (Wildman–Crippen MR) is 102 cm³/mol. The van der Waals surface area contributed by atoms with E-state index < -0.39 is 24.2 Å². The Morgan fingerprint density at radius 3 is 2.82 bits per heavy atom. The van der Waals surface area contributed by atoms with E-state index in [4.69, 9.17) is 11.6 Å². The first kappa shape index (κ1) is 19.6. The highest BCUT2D eigenvalue weighted by Gasteiger charge is 2.48. The minimum atomic E-state index is -4.50. The molecule has 28 heavy (non-hydrogen) atoms. The van der Waals surface area contributed by atoms with Crippen molar-refractivity contribution in [1.29, 1.82) is 0 Å². The maximum Gasteiger partial charge on any atom is 0.410 e. The van der Waals surface area contributed by atoms with Crippen molar-refractivity contribution < 1.29 is 18.0 Å². The average molecular weight is 433 g/mol. The third kappa shape index (κ3) is 3.39. The Morgan fingerprint density at radius 2 is 2.18 bits per heavy atom. The fourth-order valence-electron chi connectivity index (χ4n) is 3.94. The molecular weight excluding hydrogens is 413 g/mol. The number of nitrogens with one attached hydrogen (secondary N) is 1. The lowest BCUT2D eigenvalue weighted by molar-refractivity contribution is -0.173.